The van der Waals surface area contributed by atoms with Crippen LogP contribution in [0.4, 0.5) is 22.7 Å². The van der Waals surface area contributed by atoms with Gasteiger partial charge in [0.25, 0.3) is 5.69 Å². The van der Waals surface area contributed by atoms with Crippen LogP contribution in [0.2, 0.25) is 0 Å². The third-order valence-corrected chi connectivity index (χ3v) is 4.37. The molecule has 3 N–H and O–H groups in total. The summed E-state index contributed by atoms with van der Waals surface area (Å²) in [6, 6.07) is 13.2. The van der Waals surface area contributed by atoms with E-state index in [-0.39, 0.29) is 23.4 Å². The summed E-state index contributed by atoms with van der Waals surface area (Å²) < 4.78 is 0. The van der Waals surface area contributed by atoms with Gasteiger partial charge in [0.05, 0.1) is 4.92 Å². The minimum absolute atomic E-state index is 0.0445. The van der Waals surface area contributed by atoms with Crippen molar-refractivity contribution in [3.05, 3.63) is 58.6 Å². The fraction of sp³-hybridized carbons (Fsp3) is 0.300. The SMILES string of the molecule is O=C(CCCNc1ccc([N+](=O)[O-])cc1)Nc1ccc(NC(=O)C2CC2)cc1. The highest BCUT2D eigenvalue weighted by molar-refractivity contribution is 5.95. The minimum Gasteiger partial charge on any atom is -0.385 e. The number of amides is 2. The Morgan fingerprint density at radius 1 is 0.929 bits per heavy atom. The number of carbonyl (C=O) groups excluding carboxylic acids is 2. The van der Waals surface area contributed by atoms with E-state index in [1.165, 1.54) is 12.1 Å². The van der Waals surface area contributed by atoms with Crippen molar-refractivity contribution in [3.63, 3.8) is 0 Å². The second-order valence-corrected chi connectivity index (χ2v) is 6.72. The smallest absolute Gasteiger partial charge is 0.269 e. The summed E-state index contributed by atoms with van der Waals surface area (Å²) in [5.41, 5.74) is 2.22. The van der Waals surface area contributed by atoms with Gasteiger partial charge in [-0.3, -0.25) is 19.7 Å². The van der Waals surface area contributed by atoms with Gasteiger partial charge >= 0.3 is 0 Å². The van der Waals surface area contributed by atoms with Crippen molar-refractivity contribution in [1.82, 2.24) is 0 Å². The average Bonchev–Trinajstić information content (AvgIpc) is 3.52. The van der Waals surface area contributed by atoms with Crippen LogP contribution in [0.25, 0.3) is 0 Å². The van der Waals surface area contributed by atoms with Crippen LogP contribution in [0.15, 0.2) is 48.5 Å². The van der Waals surface area contributed by atoms with Crippen molar-refractivity contribution < 1.29 is 14.5 Å². The number of nitrogens with one attached hydrogen (secondary N) is 3. The number of non-ortho nitro benzene ring substituents is 1. The molecular formula is C20H22N4O4. The predicted octanol–water partition coefficient (Wildman–Crippen LogP) is 3.77. The number of anilines is 3. The summed E-state index contributed by atoms with van der Waals surface area (Å²) in [5.74, 6) is 0.108. The monoisotopic (exact) mass is 382 g/mol. The maximum Gasteiger partial charge on any atom is 0.269 e. The average molecular weight is 382 g/mol. The second kappa shape index (κ2) is 8.98. The van der Waals surface area contributed by atoms with Gasteiger partial charge in [-0.15, -0.1) is 0 Å². The van der Waals surface area contributed by atoms with E-state index in [2.05, 4.69) is 16.0 Å². The van der Waals surface area contributed by atoms with E-state index in [1.807, 2.05) is 0 Å². The molecule has 3 rings (SSSR count). The second-order valence-electron chi connectivity index (χ2n) is 6.72. The Kier molecular flexibility index (Phi) is 6.21. The molecule has 1 fully saturated rings. The fourth-order valence-electron chi connectivity index (χ4n) is 2.63. The molecule has 0 atom stereocenters. The molecule has 2 amide bonds. The third-order valence-electron chi connectivity index (χ3n) is 4.37. The van der Waals surface area contributed by atoms with Gasteiger partial charge in [-0.05, 0) is 55.7 Å². The standard InChI is InChI=1S/C20H22N4O4/c25-19(2-1-13-21-15-9-11-18(12-10-15)24(27)28)22-16-5-7-17(8-6-16)23-20(26)14-3-4-14/h5-12,14,21H,1-4,13H2,(H,22,25)(H,23,26). The highest BCUT2D eigenvalue weighted by Crippen LogP contribution is 2.30. The zero-order valence-corrected chi connectivity index (χ0v) is 15.3. The Balaban J connectivity index is 1.35. The van der Waals surface area contributed by atoms with E-state index in [0.717, 1.165) is 24.2 Å². The van der Waals surface area contributed by atoms with Crippen LogP contribution >= 0.6 is 0 Å². The number of nitro benzene ring substituents is 1. The lowest BCUT2D eigenvalue weighted by Crippen LogP contribution is -2.14. The quantitative estimate of drug-likeness (QED) is 0.347. The summed E-state index contributed by atoms with van der Waals surface area (Å²) in [6.07, 6.45) is 2.89. The first-order chi connectivity index (χ1) is 13.5. The molecule has 0 heterocycles. The highest BCUT2D eigenvalue weighted by Gasteiger charge is 2.29. The van der Waals surface area contributed by atoms with Gasteiger partial charge in [0.15, 0.2) is 0 Å². The zero-order valence-electron chi connectivity index (χ0n) is 15.3. The van der Waals surface area contributed by atoms with E-state index in [0.29, 0.717) is 25.1 Å². The number of nitro groups is 1. The number of hydrogen-bond donors (Lipinski definition) is 3. The molecule has 1 aliphatic carbocycles. The molecule has 8 heteroatoms. The van der Waals surface area contributed by atoms with Crippen LogP contribution in [0, 0.1) is 16.0 Å². The molecule has 0 spiro atoms. The maximum absolute atomic E-state index is 12.0. The van der Waals surface area contributed by atoms with Crippen molar-refractivity contribution in [1.29, 1.82) is 0 Å². The summed E-state index contributed by atoms with van der Waals surface area (Å²) >= 11 is 0. The molecule has 28 heavy (non-hydrogen) atoms. The molecule has 1 aliphatic rings. The topological polar surface area (TPSA) is 113 Å². The first kappa shape index (κ1) is 19.3. The van der Waals surface area contributed by atoms with Gasteiger partial charge in [-0.25, -0.2) is 0 Å². The summed E-state index contributed by atoms with van der Waals surface area (Å²) in [4.78, 5) is 33.9. The fourth-order valence-corrected chi connectivity index (χ4v) is 2.63. The van der Waals surface area contributed by atoms with Crippen molar-refractivity contribution in [2.45, 2.75) is 25.7 Å². The summed E-state index contributed by atoms with van der Waals surface area (Å²) in [7, 11) is 0. The van der Waals surface area contributed by atoms with Crippen molar-refractivity contribution >= 4 is 34.6 Å². The third kappa shape index (κ3) is 5.80. The molecular weight excluding hydrogens is 360 g/mol. The van der Waals surface area contributed by atoms with Crippen LogP contribution in [0.3, 0.4) is 0 Å². The number of carbonyl (C=O) groups is 2. The Morgan fingerprint density at radius 3 is 2.07 bits per heavy atom. The normalized spacial score (nSPS) is 12.9. The minimum atomic E-state index is -0.443. The number of hydrogen-bond acceptors (Lipinski definition) is 5. The zero-order chi connectivity index (χ0) is 19.9. The van der Waals surface area contributed by atoms with E-state index in [1.54, 1.807) is 36.4 Å². The maximum atomic E-state index is 12.0. The molecule has 0 bridgehead atoms. The molecule has 0 aliphatic heterocycles. The van der Waals surface area contributed by atoms with Crippen LogP contribution in [-0.4, -0.2) is 23.3 Å². The van der Waals surface area contributed by atoms with Gasteiger partial charge in [0.1, 0.15) is 0 Å². The molecule has 0 radical (unpaired) electrons. The highest BCUT2D eigenvalue weighted by atomic mass is 16.6. The van der Waals surface area contributed by atoms with Crippen LogP contribution in [0.1, 0.15) is 25.7 Å². The van der Waals surface area contributed by atoms with Crippen molar-refractivity contribution in [3.8, 4) is 0 Å². The molecule has 0 aromatic heterocycles. The molecule has 0 unspecified atom stereocenters. The van der Waals surface area contributed by atoms with Gasteiger partial charge in [-0.2, -0.15) is 0 Å². The van der Waals surface area contributed by atoms with Gasteiger partial charge in [0.2, 0.25) is 11.8 Å². The van der Waals surface area contributed by atoms with Crippen molar-refractivity contribution in [2.24, 2.45) is 5.92 Å². The van der Waals surface area contributed by atoms with Gasteiger partial charge in [0, 0.05) is 48.1 Å². The summed E-state index contributed by atoms with van der Waals surface area (Å²) in [6.45, 7) is 0.581. The van der Waals surface area contributed by atoms with Crippen LogP contribution in [0.5, 0.6) is 0 Å². The Hall–Kier alpha value is -3.42. The molecule has 8 nitrogen and oxygen atoms in total. The largest absolute Gasteiger partial charge is 0.385 e. The Bertz CT molecular complexity index is 846. The van der Waals surface area contributed by atoms with Crippen LogP contribution < -0.4 is 16.0 Å². The molecule has 1 saturated carbocycles. The van der Waals surface area contributed by atoms with E-state index < -0.39 is 4.92 Å². The summed E-state index contributed by atoms with van der Waals surface area (Å²) in [5, 5.41) is 19.4. The lowest BCUT2D eigenvalue weighted by Gasteiger charge is -2.08. The van der Waals surface area contributed by atoms with Gasteiger partial charge < -0.3 is 16.0 Å². The lowest BCUT2D eigenvalue weighted by molar-refractivity contribution is -0.384. The number of rotatable bonds is 9. The first-order valence-corrected chi connectivity index (χ1v) is 9.20. The first-order valence-electron chi connectivity index (χ1n) is 9.20. The molecule has 2 aromatic rings. The number of benzene rings is 2. The van der Waals surface area contributed by atoms with Gasteiger partial charge in [-0.1, -0.05) is 0 Å². The Morgan fingerprint density at radius 2 is 1.50 bits per heavy atom. The molecule has 2 aromatic carbocycles. The lowest BCUT2D eigenvalue weighted by atomic mass is 10.2. The molecule has 0 saturated heterocycles. The Labute approximate surface area is 162 Å². The van der Waals surface area contributed by atoms with E-state index >= 15 is 0 Å². The van der Waals surface area contributed by atoms with E-state index in [9.17, 15) is 19.7 Å². The molecule has 146 valence electrons. The van der Waals surface area contributed by atoms with E-state index in [4.69, 9.17) is 0 Å². The van der Waals surface area contributed by atoms with Crippen molar-refractivity contribution in [2.75, 3.05) is 22.5 Å². The number of nitrogens with zero attached hydrogens (tertiary/aromatic N) is 1. The van der Waals surface area contributed by atoms with Crippen LogP contribution in [-0.2, 0) is 9.59 Å². The predicted molar refractivity (Wildman–Crippen MR) is 107 cm³/mol.